The third-order valence-corrected chi connectivity index (χ3v) is 5.77. The van der Waals surface area contributed by atoms with E-state index in [-0.39, 0.29) is 27.5 Å². The number of hydrogen-bond acceptors (Lipinski definition) is 6. The summed E-state index contributed by atoms with van der Waals surface area (Å²) in [6, 6.07) is 9.92. The summed E-state index contributed by atoms with van der Waals surface area (Å²) >= 11 is 1.01. The smallest absolute Gasteiger partial charge is 0.337 e. The topological polar surface area (TPSA) is 93.2 Å². The number of nitrogens with one attached hydrogen (secondary N) is 2. The van der Waals surface area contributed by atoms with Crippen LogP contribution in [0.1, 0.15) is 17.3 Å². The number of methoxy groups -OCH3 is 1. The summed E-state index contributed by atoms with van der Waals surface area (Å²) < 4.78 is 35.4. The van der Waals surface area contributed by atoms with Crippen LogP contribution in [-0.2, 0) is 4.74 Å². The van der Waals surface area contributed by atoms with E-state index < -0.39 is 23.6 Å². The summed E-state index contributed by atoms with van der Waals surface area (Å²) in [4.78, 5) is 32.3. The second-order valence-electron chi connectivity index (χ2n) is 6.87. The second-order valence-corrected chi connectivity index (χ2v) is 7.87. The summed E-state index contributed by atoms with van der Waals surface area (Å²) in [5.74, 6) is -1.84. The lowest BCUT2D eigenvalue weighted by Crippen LogP contribution is -2.28. The third-order valence-electron chi connectivity index (χ3n) is 4.77. The third kappa shape index (κ3) is 4.37. The van der Waals surface area contributed by atoms with Gasteiger partial charge in [0.15, 0.2) is 10.9 Å². The van der Waals surface area contributed by atoms with Crippen LogP contribution in [0.15, 0.2) is 48.7 Å². The highest BCUT2D eigenvalue weighted by Crippen LogP contribution is 2.41. The molecule has 0 saturated heterocycles. The Labute approximate surface area is 191 Å². The van der Waals surface area contributed by atoms with Crippen LogP contribution >= 0.6 is 11.3 Å². The average molecular weight is 468 g/mol. The van der Waals surface area contributed by atoms with Crippen molar-refractivity contribution in [1.29, 1.82) is 0 Å². The van der Waals surface area contributed by atoms with Crippen LogP contribution in [0.3, 0.4) is 0 Å². The van der Waals surface area contributed by atoms with E-state index in [0.717, 1.165) is 11.3 Å². The summed E-state index contributed by atoms with van der Waals surface area (Å²) in [6.45, 7) is 2.16. The first-order valence-electron chi connectivity index (χ1n) is 9.90. The van der Waals surface area contributed by atoms with E-state index in [1.165, 1.54) is 37.6 Å². The molecule has 2 N–H and O–H groups in total. The molecule has 2 amide bonds. The number of rotatable bonds is 5. The van der Waals surface area contributed by atoms with Gasteiger partial charge in [0.2, 0.25) is 0 Å². The van der Waals surface area contributed by atoms with Gasteiger partial charge in [-0.05, 0) is 42.8 Å². The minimum atomic E-state index is -0.674. The summed E-state index contributed by atoms with van der Waals surface area (Å²) in [7, 11) is 1.25. The van der Waals surface area contributed by atoms with Gasteiger partial charge in [0.25, 0.3) is 0 Å². The fourth-order valence-electron chi connectivity index (χ4n) is 3.31. The molecular formula is C23H18F2N4O3S. The molecule has 2 heterocycles. The maximum Gasteiger partial charge on any atom is 0.337 e. The first-order valence-corrected chi connectivity index (χ1v) is 10.7. The number of esters is 1. The molecule has 0 bridgehead atoms. The molecule has 168 valence electrons. The number of urea groups is 1. The van der Waals surface area contributed by atoms with E-state index in [0.29, 0.717) is 22.4 Å². The van der Waals surface area contributed by atoms with Crippen LogP contribution in [0, 0.1) is 11.6 Å². The number of anilines is 1. The Balaban J connectivity index is 1.95. The Kier molecular flexibility index (Phi) is 6.27. The molecule has 0 aliphatic carbocycles. The molecule has 4 rings (SSSR count). The van der Waals surface area contributed by atoms with Gasteiger partial charge in [0.05, 0.1) is 17.4 Å². The summed E-state index contributed by atoms with van der Waals surface area (Å²) in [5.41, 5.74) is 0.986. The highest BCUT2D eigenvalue weighted by atomic mass is 32.1. The van der Waals surface area contributed by atoms with Crippen molar-refractivity contribution in [2.45, 2.75) is 6.92 Å². The fourth-order valence-corrected chi connectivity index (χ4v) is 4.28. The number of hydrogen-bond donors (Lipinski definition) is 2. The van der Waals surface area contributed by atoms with E-state index in [2.05, 4.69) is 20.6 Å². The van der Waals surface area contributed by atoms with Gasteiger partial charge >= 0.3 is 12.0 Å². The molecule has 4 aromatic rings. The highest BCUT2D eigenvalue weighted by Gasteiger charge is 2.22. The van der Waals surface area contributed by atoms with Crippen LogP contribution < -0.4 is 10.6 Å². The summed E-state index contributed by atoms with van der Waals surface area (Å²) in [6.07, 6.45) is 1.43. The number of amides is 2. The number of ether oxygens (including phenoxy) is 1. The van der Waals surface area contributed by atoms with Gasteiger partial charge in [-0.3, -0.25) is 10.3 Å². The van der Waals surface area contributed by atoms with E-state index in [4.69, 9.17) is 4.74 Å². The molecule has 0 radical (unpaired) electrons. The molecule has 10 heteroatoms. The normalized spacial score (nSPS) is 10.8. The van der Waals surface area contributed by atoms with Gasteiger partial charge in [-0.15, -0.1) is 0 Å². The quantitative estimate of drug-likeness (QED) is 0.391. The molecule has 0 atom stereocenters. The lowest BCUT2D eigenvalue weighted by Gasteiger charge is -2.10. The van der Waals surface area contributed by atoms with Crippen molar-refractivity contribution in [1.82, 2.24) is 15.3 Å². The molecule has 2 aromatic carbocycles. The van der Waals surface area contributed by atoms with Crippen LogP contribution in [-0.4, -0.2) is 35.6 Å². The van der Waals surface area contributed by atoms with Crippen molar-refractivity contribution < 1.29 is 23.1 Å². The Morgan fingerprint density at radius 2 is 1.94 bits per heavy atom. The maximum atomic E-state index is 15.7. The van der Waals surface area contributed by atoms with Crippen molar-refractivity contribution in [2.24, 2.45) is 0 Å². The van der Waals surface area contributed by atoms with Gasteiger partial charge in [-0.2, -0.15) is 0 Å². The van der Waals surface area contributed by atoms with Crippen molar-refractivity contribution in [3.8, 4) is 22.4 Å². The number of thiazole rings is 1. The predicted molar refractivity (Wildman–Crippen MR) is 122 cm³/mol. The van der Waals surface area contributed by atoms with Crippen molar-refractivity contribution in [2.75, 3.05) is 19.0 Å². The largest absolute Gasteiger partial charge is 0.465 e. The maximum absolute atomic E-state index is 15.7. The number of carbonyl (C=O) groups excluding carboxylic acids is 2. The molecule has 0 spiro atoms. The number of benzene rings is 2. The average Bonchev–Trinajstić information content (AvgIpc) is 3.24. The first kappa shape index (κ1) is 22.3. The van der Waals surface area contributed by atoms with E-state index in [9.17, 15) is 14.0 Å². The summed E-state index contributed by atoms with van der Waals surface area (Å²) in [5, 5.41) is 5.28. The van der Waals surface area contributed by atoms with E-state index in [1.807, 2.05) is 0 Å². The SMILES string of the molecule is CCNC(=O)Nc1nc2c(F)c(-c3cccc(C(=O)OC)c3)cc(-c3ncccc3F)c2s1. The number of pyridine rings is 1. The Morgan fingerprint density at radius 1 is 1.12 bits per heavy atom. The van der Waals surface area contributed by atoms with Crippen LogP contribution in [0.5, 0.6) is 0 Å². The van der Waals surface area contributed by atoms with Crippen molar-refractivity contribution in [3.63, 3.8) is 0 Å². The van der Waals surface area contributed by atoms with Gasteiger partial charge in [-0.25, -0.2) is 23.4 Å². The van der Waals surface area contributed by atoms with E-state index >= 15 is 4.39 Å². The number of halogens is 2. The first-order chi connectivity index (χ1) is 15.9. The number of aromatic nitrogens is 2. The van der Waals surface area contributed by atoms with Gasteiger partial charge < -0.3 is 10.1 Å². The van der Waals surface area contributed by atoms with Crippen LogP contribution in [0.4, 0.5) is 18.7 Å². The minimum Gasteiger partial charge on any atom is -0.465 e. The molecule has 0 aliphatic heterocycles. The monoisotopic (exact) mass is 468 g/mol. The van der Waals surface area contributed by atoms with Crippen molar-refractivity contribution in [3.05, 3.63) is 65.9 Å². The fraction of sp³-hybridized carbons (Fsp3) is 0.130. The molecule has 0 saturated carbocycles. The lowest BCUT2D eigenvalue weighted by molar-refractivity contribution is 0.0600. The molecule has 33 heavy (non-hydrogen) atoms. The zero-order valence-corrected chi connectivity index (χ0v) is 18.4. The molecule has 0 aliphatic rings. The Bertz CT molecular complexity index is 1370. The van der Waals surface area contributed by atoms with Gasteiger partial charge in [0, 0.05) is 23.9 Å². The van der Waals surface area contributed by atoms with Crippen LogP contribution in [0.2, 0.25) is 0 Å². The standard InChI is InChI=1S/C23H18F2N4O3S/c1-3-26-22(31)29-23-28-19-17(25)14(12-6-4-7-13(10-12)21(30)32-2)11-15(20(19)33-23)18-16(24)8-5-9-27-18/h4-11H,3H2,1-2H3,(H2,26,28,29,31). The lowest BCUT2D eigenvalue weighted by atomic mass is 9.98. The van der Waals surface area contributed by atoms with Gasteiger partial charge in [-0.1, -0.05) is 23.5 Å². The molecule has 0 fully saturated rings. The zero-order valence-electron chi connectivity index (χ0n) is 17.6. The van der Waals surface area contributed by atoms with E-state index in [1.54, 1.807) is 25.1 Å². The molecule has 7 nitrogen and oxygen atoms in total. The Hall–Kier alpha value is -3.92. The number of fused-ring (bicyclic) bond motifs is 1. The highest BCUT2D eigenvalue weighted by molar-refractivity contribution is 7.22. The van der Waals surface area contributed by atoms with Gasteiger partial charge in [0.1, 0.15) is 17.0 Å². The number of nitrogens with zero attached hydrogens (tertiary/aromatic N) is 2. The molecule has 0 unspecified atom stereocenters. The number of carbonyl (C=O) groups is 2. The zero-order chi connectivity index (χ0) is 23.5. The second kappa shape index (κ2) is 9.29. The predicted octanol–water partition coefficient (Wildman–Crippen LogP) is 5.23. The molecular weight excluding hydrogens is 450 g/mol. The molecule has 2 aromatic heterocycles. The Morgan fingerprint density at radius 3 is 2.67 bits per heavy atom. The minimum absolute atomic E-state index is 0.0149. The van der Waals surface area contributed by atoms with Crippen molar-refractivity contribution >= 4 is 38.7 Å². The van der Waals surface area contributed by atoms with Crippen LogP contribution in [0.25, 0.3) is 32.6 Å².